The third kappa shape index (κ3) is 1.89. The molecule has 2 aromatic carbocycles. The lowest BCUT2D eigenvalue weighted by atomic mass is 10.1. The minimum atomic E-state index is -0.0987. The van der Waals surface area contributed by atoms with E-state index in [1.165, 1.54) is 0 Å². The third-order valence-corrected chi connectivity index (χ3v) is 3.23. The van der Waals surface area contributed by atoms with Crippen molar-refractivity contribution < 1.29 is 4.79 Å². The van der Waals surface area contributed by atoms with E-state index in [4.69, 9.17) is 0 Å². The fraction of sp³-hybridized carbons (Fsp3) is 0.0625. The summed E-state index contributed by atoms with van der Waals surface area (Å²) in [7, 11) is 1.64. The van der Waals surface area contributed by atoms with E-state index >= 15 is 0 Å². The first-order valence-electron chi connectivity index (χ1n) is 6.19. The SMILES string of the molecule is CNC(=O)c1[nH]c(-c2ccccc2)c2ccccc12. The number of carbonyl (C=O) groups is 1. The zero-order valence-electron chi connectivity index (χ0n) is 10.6. The highest BCUT2D eigenvalue weighted by molar-refractivity contribution is 6.10. The van der Waals surface area contributed by atoms with Gasteiger partial charge in [0.25, 0.3) is 5.91 Å². The molecule has 0 atom stereocenters. The van der Waals surface area contributed by atoms with Crippen LogP contribution in [0.15, 0.2) is 54.6 Å². The minimum Gasteiger partial charge on any atom is -0.354 e. The van der Waals surface area contributed by atoms with Gasteiger partial charge in [-0.3, -0.25) is 4.79 Å². The first-order valence-corrected chi connectivity index (χ1v) is 6.19. The average Bonchev–Trinajstić information content (AvgIpc) is 2.87. The summed E-state index contributed by atoms with van der Waals surface area (Å²) in [6.45, 7) is 0. The van der Waals surface area contributed by atoms with Gasteiger partial charge in [0, 0.05) is 17.8 Å². The number of aromatic amines is 1. The van der Waals surface area contributed by atoms with E-state index in [0.717, 1.165) is 22.0 Å². The highest BCUT2D eigenvalue weighted by Gasteiger charge is 2.15. The molecule has 3 rings (SSSR count). The smallest absolute Gasteiger partial charge is 0.268 e. The molecule has 19 heavy (non-hydrogen) atoms. The number of nitrogens with one attached hydrogen (secondary N) is 2. The van der Waals surface area contributed by atoms with Gasteiger partial charge in [0.2, 0.25) is 0 Å². The first kappa shape index (κ1) is 11.5. The maximum absolute atomic E-state index is 11.9. The summed E-state index contributed by atoms with van der Waals surface area (Å²) in [5.41, 5.74) is 2.67. The Labute approximate surface area is 111 Å². The number of benzene rings is 2. The van der Waals surface area contributed by atoms with Crippen LogP contribution in [0.4, 0.5) is 0 Å². The molecule has 1 amide bonds. The number of carbonyl (C=O) groups excluding carboxylic acids is 1. The molecule has 2 N–H and O–H groups in total. The summed E-state index contributed by atoms with van der Waals surface area (Å²) in [4.78, 5) is 15.2. The number of rotatable bonds is 2. The zero-order valence-corrected chi connectivity index (χ0v) is 10.6. The topological polar surface area (TPSA) is 44.9 Å². The van der Waals surface area contributed by atoms with Crippen molar-refractivity contribution in [2.24, 2.45) is 0 Å². The number of fused-ring (bicyclic) bond motifs is 1. The summed E-state index contributed by atoms with van der Waals surface area (Å²) in [5, 5.41) is 4.68. The van der Waals surface area contributed by atoms with Crippen LogP contribution in [0, 0.1) is 0 Å². The molecule has 0 saturated carbocycles. The number of amides is 1. The van der Waals surface area contributed by atoms with Crippen molar-refractivity contribution in [1.29, 1.82) is 0 Å². The monoisotopic (exact) mass is 250 g/mol. The Bertz CT molecular complexity index is 729. The highest BCUT2D eigenvalue weighted by Crippen LogP contribution is 2.30. The van der Waals surface area contributed by atoms with Crippen LogP contribution in [-0.2, 0) is 0 Å². The molecule has 94 valence electrons. The van der Waals surface area contributed by atoms with Gasteiger partial charge in [-0.1, -0.05) is 54.6 Å². The van der Waals surface area contributed by atoms with Crippen LogP contribution in [0.1, 0.15) is 10.5 Å². The van der Waals surface area contributed by atoms with E-state index < -0.39 is 0 Å². The van der Waals surface area contributed by atoms with Crippen molar-refractivity contribution in [1.82, 2.24) is 10.3 Å². The highest BCUT2D eigenvalue weighted by atomic mass is 16.1. The number of hydrogen-bond acceptors (Lipinski definition) is 1. The van der Waals surface area contributed by atoms with Crippen LogP contribution in [-0.4, -0.2) is 17.9 Å². The molecule has 1 aromatic heterocycles. The predicted octanol–water partition coefficient (Wildman–Crippen LogP) is 3.19. The molecule has 1 heterocycles. The minimum absolute atomic E-state index is 0.0987. The van der Waals surface area contributed by atoms with Crippen LogP contribution in [0.25, 0.3) is 22.0 Å². The second kappa shape index (κ2) is 4.61. The fourth-order valence-electron chi connectivity index (χ4n) is 2.32. The summed E-state index contributed by atoms with van der Waals surface area (Å²) in [6, 6.07) is 17.9. The molecule has 0 aliphatic heterocycles. The Morgan fingerprint density at radius 1 is 0.947 bits per heavy atom. The number of aromatic nitrogens is 1. The van der Waals surface area contributed by atoms with Crippen molar-refractivity contribution in [2.45, 2.75) is 0 Å². The maximum Gasteiger partial charge on any atom is 0.268 e. The fourth-order valence-corrected chi connectivity index (χ4v) is 2.32. The molecule has 0 aliphatic rings. The lowest BCUT2D eigenvalue weighted by Gasteiger charge is -1.98. The van der Waals surface area contributed by atoms with Gasteiger partial charge in [0.15, 0.2) is 0 Å². The molecule has 0 radical (unpaired) electrons. The van der Waals surface area contributed by atoms with Gasteiger partial charge in [-0.2, -0.15) is 0 Å². The standard InChI is InChI=1S/C16H14N2O/c1-17-16(19)15-13-10-6-5-9-12(13)14(18-15)11-7-3-2-4-8-11/h2-10,18H,1H3,(H,17,19). The van der Waals surface area contributed by atoms with Crippen LogP contribution in [0.3, 0.4) is 0 Å². The normalized spacial score (nSPS) is 10.6. The van der Waals surface area contributed by atoms with Gasteiger partial charge in [-0.25, -0.2) is 0 Å². The molecular weight excluding hydrogens is 236 g/mol. The van der Waals surface area contributed by atoms with Crippen molar-refractivity contribution in [3.63, 3.8) is 0 Å². The summed E-state index contributed by atoms with van der Waals surface area (Å²) < 4.78 is 0. The Balaban J connectivity index is 2.29. The molecule has 0 spiro atoms. The van der Waals surface area contributed by atoms with E-state index in [1.54, 1.807) is 7.05 Å². The first-order chi connectivity index (χ1) is 9.31. The lowest BCUT2D eigenvalue weighted by molar-refractivity contribution is 0.0960. The molecular formula is C16H14N2O. The van der Waals surface area contributed by atoms with Gasteiger partial charge >= 0.3 is 0 Å². The third-order valence-electron chi connectivity index (χ3n) is 3.23. The Morgan fingerprint density at radius 2 is 1.58 bits per heavy atom. The van der Waals surface area contributed by atoms with Crippen LogP contribution in [0.2, 0.25) is 0 Å². The summed E-state index contributed by atoms with van der Waals surface area (Å²) in [5.74, 6) is -0.0987. The molecule has 0 unspecified atom stereocenters. The van der Waals surface area contributed by atoms with E-state index in [9.17, 15) is 4.79 Å². The molecule has 3 heteroatoms. The van der Waals surface area contributed by atoms with Crippen molar-refractivity contribution in [2.75, 3.05) is 7.05 Å². The largest absolute Gasteiger partial charge is 0.354 e. The van der Waals surface area contributed by atoms with Gasteiger partial charge in [-0.05, 0) is 5.56 Å². The van der Waals surface area contributed by atoms with Gasteiger partial charge < -0.3 is 10.3 Å². The van der Waals surface area contributed by atoms with Crippen molar-refractivity contribution >= 4 is 16.7 Å². The quantitative estimate of drug-likeness (QED) is 0.720. The second-order valence-electron chi connectivity index (χ2n) is 4.37. The molecule has 0 aliphatic carbocycles. The van der Waals surface area contributed by atoms with Crippen LogP contribution < -0.4 is 5.32 Å². The summed E-state index contributed by atoms with van der Waals surface area (Å²) >= 11 is 0. The molecule has 0 fully saturated rings. The van der Waals surface area contributed by atoms with Crippen molar-refractivity contribution in [3.8, 4) is 11.3 Å². The predicted molar refractivity (Wildman–Crippen MR) is 77.1 cm³/mol. The van der Waals surface area contributed by atoms with Gasteiger partial charge in [0.1, 0.15) is 5.69 Å². The average molecular weight is 250 g/mol. The van der Waals surface area contributed by atoms with Crippen LogP contribution >= 0.6 is 0 Å². The van der Waals surface area contributed by atoms with Crippen molar-refractivity contribution in [3.05, 3.63) is 60.3 Å². The molecule has 0 saturated heterocycles. The Kier molecular flexibility index (Phi) is 2.80. The van der Waals surface area contributed by atoms with E-state index in [1.807, 2.05) is 54.6 Å². The molecule has 3 aromatic rings. The number of H-pyrrole nitrogens is 1. The lowest BCUT2D eigenvalue weighted by Crippen LogP contribution is -2.18. The van der Waals surface area contributed by atoms with E-state index in [0.29, 0.717) is 5.69 Å². The summed E-state index contributed by atoms with van der Waals surface area (Å²) in [6.07, 6.45) is 0. The second-order valence-corrected chi connectivity index (χ2v) is 4.37. The Hall–Kier alpha value is -2.55. The van der Waals surface area contributed by atoms with Crippen LogP contribution in [0.5, 0.6) is 0 Å². The van der Waals surface area contributed by atoms with Gasteiger partial charge in [0.05, 0.1) is 5.69 Å². The molecule has 3 nitrogen and oxygen atoms in total. The number of hydrogen-bond donors (Lipinski definition) is 2. The Morgan fingerprint density at radius 3 is 2.26 bits per heavy atom. The maximum atomic E-state index is 11.9. The molecule has 0 bridgehead atoms. The van der Waals surface area contributed by atoms with E-state index in [-0.39, 0.29) is 5.91 Å². The van der Waals surface area contributed by atoms with E-state index in [2.05, 4.69) is 10.3 Å². The zero-order chi connectivity index (χ0) is 13.2. The van der Waals surface area contributed by atoms with Gasteiger partial charge in [-0.15, -0.1) is 0 Å².